The van der Waals surface area contributed by atoms with Crippen molar-refractivity contribution in [3.05, 3.63) is 47.7 Å². The Morgan fingerprint density at radius 3 is 2.88 bits per heavy atom. The maximum absolute atomic E-state index is 9.64. The molecule has 4 heteroatoms. The minimum Gasteiger partial charge on any atom is -0.508 e. The second-order valence-electron chi connectivity index (χ2n) is 4.10. The molecule has 0 aliphatic carbocycles. The number of aromatic nitrogens is 1. The Labute approximate surface area is 100 Å². The molecule has 90 valence electrons. The normalized spacial score (nSPS) is 12.6. The number of aromatic hydroxyl groups is 1. The number of nitrogens with zero attached hydrogens (tertiary/aromatic N) is 1. The van der Waals surface area contributed by atoms with Crippen molar-refractivity contribution >= 4 is 0 Å². The lowest BCUT2D eigenvalue weighted by Gasteiger charge is -2.03. The first kappa shape index (κ1) is 11.7. The fourth-order valence-electron chi connectivity index (χ4n) is 1.57. The standard InChI is InChI=1S/C13H16N2O2/c1-9(7-14)12-8-15-13(17-12)6-10-4-2-3-5-11(10)16/h2-5,8-9,16H,6-7,14H2,1H3. The lowest BCUT2D eigenvalue weighted by Crippen LogP contribution is -2.07. The van der Waals surface area contributed by atoms with Crippen LogP contribution in [0.4, 0.5) is 0 Å². The SMILES string of the molecule is CC(CN)c1cnc(Cc2ccccc2O)o1. The van der Waals surface area contributed by atoms with Gasteiger partial charge in [-0.2, -0.15) is 0 Å². The number of nitrogens with two attached hydrogens (primary N) is 1. The average Bonchev–Trinajstić information content (AvgIpc) is 2.80. The summed E-state index contributed by atoms with van der Waals surface area (Å²) in [5, 5.41) is 9.64. The summed E-state index contributed by atoms with van der Waals surface area (Å²) < 4.78 is 5.59. The van der Waals surface area contributed by atoms with Gasteiger partial charge in [-0.25, -0.2) is 4.98 Å². The maximum Gasteiger partial charge on any atom is 0.198 e. The zero-order valence-corrected chi connectivity index (χ0v) is 9.76. The Balaban J connectivity index is 2.14. The summed E-state index contributed by atoms with van der Waals surface area (Å²) in [6, 6.07) is 7.17. The molecular formula is C13H16N2O2. The molecule has 0 aliphatic heterocycles. The highest BCUT2D eigenvalue weighted by molar-refractivity contribution is 5.33. The monoisotopic (exact) mass is 232 g/mol. The summed E-state index contributed by atoms with van der Waals surface area (Å²) >= 11 is 0. The number of para-hydroxylation sites is 1. The van der Waals surface area contributed by atoms with Crippen molar-refractivity contribution in [2.24, 2.45) is 5.73 Å². The minimum atomic E-state index is 0.167. The van der Waals surface area contributed by atoms with Gasteiger partial charge in [0.2, 0.25) is 0 Å². The molecule has 0 aliphatic rings. The van der Waals surface area contributed by atoms with Crippen LogP contribution in [-0.2, 0) is 6.42 Å². The molecule has 0 fully saturated rings. The second-order valence-corrected chi connectivity index (χ2v) is 4.10. The smallest absolute Gasteiger partial charge is 0.198 e. The van der Waals surface area contributed by atoms with Crippen molar-refractivity contribution in [3.63, 3.8) is 0 Å². The summed E-state index contributed by atoms with van der Waals surface area (Å²) in [6.07, 6.45) is 2.19. The van der Waals surface area contributed by atoms with Gasteiger partial charge in [-0.1, -0.05) is 25.1 Å². The molecule has 0 saturated carbocycles. The average molecular weight is 232 g/mol. The van der Waals surface area contributed by atoms with Crippen LogP contribution in [0.5, 0.6) is 5.75 Å². The fourth-order valence-corrected chi connectivity index (χ4v) is 1.57. The van der Waals surface area contributed by atoms with Crippen molar-refractivity contribution < 1.29 is 9.52 Å². The van der Waals surface area contributed by atoms with E-state index in [1.54, 1.807) is 18.3 Å². The van der Waals surface area contributed by atoms with Gasteiger partial charge in [0, 0.05) is 18.0 Å². The molecule has 0 saturated heterocycles. The number of rotatable bonds is 4. The number of hydrogen-bond donors (Lipinski definition) is 2. The molecule has 1 unspecified atom stereocenters. The molecular weight excluding hydrogens is 216 g/mol. The third kappa shape index (κ3) is 2.65. The molecule has 1 aromatic heterocycles. The largest absolute Gasteiger partial charge is 0.508 e. The van der Waals surface area contributed by atoms with Gasteiger partial charge in [0.1, 0.15) is 11.5 Å². The molecule has 1 aromatic carbocycles. The number of phenols is 1. The first-order chi connectivity index (χ1) is 8.20. The van der Waals surface area contributed by atoms with E-state index in [0.717, 1.165) is 11.3 Å². The van der Waals surface area contributed by atoms with E-state index < -0.39 is 0 Å². The zero-order valence-electron chi connectivity index (χ0n) is 9.76. The topological polar surface area (TPSA) is 72.3 Å². The van der Waals surface area contributed by atoms with Crippen LogP contribution in [0, 0.1) is 0 Å². The van der Waals surface area contributed by atoms with Crippen molar-refractivity contribution in [1.82, 2.24) is 4.98 Å². The van der Waals surface area contributed by atoms with Crippen LogP contribution in [-0.4, -0.2) is 16.6 Å². The summed E-state index contributed by atoms with van der Waals surface area (Å²) in [5.41, 5.74) is 6.37. The van der Waals surface area contributed by atoms with E-state index in [2.05, 4.69) is 4.98 Å². The highest BCUT2D eigenvalue weighted by Crippen LogP contribution is 2.21. The molecule has 0 spiro atoms. The third-order valence-corrected chi connectivity index (χ3v) is 2.74. The Morgan fingerprint density at radius 1 is 1.41 bits per heavy atom. The van der Waals surface area contributed by atoms with Crippen LogP contribution in [0.2, 0.25) is 0 Å². The molecule has 17 heavy (non-hydrogen) atoms. The van der Waals surface area contributed by atoms with Gasteiger partial charge in [0.05, 0.1) is 12.6 Å². The zero-order chi connectivity index (χ0) is 12.3. The first-order valence-electron chi connectivity index (χ1n) is 5.62. The molecule has 3 N–H and O–H groups in total. The molecule has 0 radical (unpaired) electrons. The number of benzene rings is 1. The molecule has 1 atom stereocenters. The van der Waals surface area contributed by atoms with Crippen LogP contribution in [0.25, 0.3) is 0 Å². The number of phenolic OH excluding ortho intramolecular Hbond substituents is 1. The van der Waals surface area contributed by atoms with E-state index in [4.69, 9.17) is 10.2 Å². The Bertz CT molecular complexity index is 494. The highest BCUT2D eigenvalue weighted by atomic mass is 16.4. The Kier molecular flexibility index (Phi) is 3.44. The third-order valence-electron chi connectivity index (χ3n) is 2.74. The quantitative estimate of drug-likeness (QED) is 0.846. The summed E-state index contributed by atoms with van der Waals surface area (Å²) in [7, 11) is 0. The fraction of sp³-hybridized carbons (Fsp3) is 0.308. The second kappa shape index (κ2) is 5.01. The molecule has 1 heterocycles. The summed E-state index contributed by atoms with van der Waals surface area (Å²) in [6.45, 7) is 2.52. The van der Waals surface area contributed by atoms with Crippen molar-refractivity contribution in [2.75, 3.05) is 6.54 Å². The van der Waals surface area contributed by atoms with E-state index in [0.29, 0.717) is 18.9 Å². The maximum atomic E-state index is 9.64. The van der Waals surface area contributed by atoms with Crippen molar-refractivity contribution in [3.8, 4) is 5.75 Å². The lowest BCUT2D eigenvalue weighted by atomic mass is 10.1. The molecule has 2 aromatic rings. The highest BCUT2D eigenvalue weighted by Gasteiger charge is 2.11. The predicted molar refractivity (Wildman–Crippen MR) is 64.9 cm³/mol. The van der Waals surface area contributed by atoms with Crippen LogP contribution >= 0.6 is 0 Å². The van der Waals surface area contributed by atoms with Crippen LogP contribution in [0.15, 0.2) is 34.9 Å². The first-order valence-corrected chi connectivity index (χ1v) is 5.62. The molecule has 0 bridgehead atoms. The Morgan fingerprint density at radius 2 is 2.18 bits per heavy atom. The van der Waals surface area contributed by atoms with Crippen LogP contribution in [0.1, 0.15) is 30.1 Å². The van der Waals surface area contributed by atoms with E-state index >= 15 is 0 Å². The van der Waals surface area contributed by atoms with Crippen molar-refractivity contribution in [2.45, 2.75) is 19.3 Å². The molecule has 4 nitrogen and oxygen atoms in total. The van der Waals surface area contributed by atoms with E-state index in [1.807, 2.05) is 19.1 Å². The predicted octanol–water partition coefficient (Wildman–Crippen LogP) is 2.03. The van der Waals surface area contributed by atoms with Crippen molar-refractivity contribution in [1.29, 1.82) is 0 Å². The Hall–Kier alpha value is -1.81. The van der Waals surface area contributed by atoms with Gasteiger partial charge >= 0.3 is 0 Å². The summed E-state index contributed by atoms with van der Waals surface area (Å²) in [4.78, 5) is 4.19. The van der Waals surface area contributed by atoms with E-state index in [-0.39, 0.29) is 11.7 Å². The van der Waals surface area contributed by atoms with E-state index in [1.165, 1.54) is 0 Å². The molecule has 0 amide bonds. The minimum absolute atomic E-state index is 0.167. The lowest BCUT2D eigenvalue weighted by molar-refractivity contribution is 0.433. The summed E-state index contributed by atoms with van der Waals surface area (Å²) in [5.74, 6) is 1.82. The number of oxazole rings is 1. The van der Waals surface area contributed by atoms with Gasteiger partial charge in [-0.15, -0.1) is 0 Å². The van der Waals surface area contributed by atoms with Gasteiger partial charge in [-0.3, -0.25) is 0 Å². The van der Waals surface area contributed by atoms with Gasteiger partial charge < -0.3 is 15.3 Å². The van der Waals surface area contributed by atoms with Gasteiger partial charge in [0.15, 0.2) is 5.89 Å². The molecule has 2 rings (SSSR count). The number of hydrogen-bond acceptors (Lipinski definition) is 4. The van der Waals surface area contributed by atoms with Gasteiger partial charge in [0.25, 0.3) is 0 Å². The van der Waals surface area contributed by atoms with Crippen LogP contribution < -0.4 is 5.73 Å². The van der Waals surface area contributed by atoms with E-state index in [9.17, 15) is 5.11 Å². The van der Waals surface area contributed by atoms with Gasteiger partial charge in [-0.05, 0) is 6.07 Å². The van der Waals surface area contributed by atoms with Crippen LogP contribution in [0.3, 0.4) is 0 Å².